The molecule has 0 bridgehead atoms. The molecule has 2 rings (SSSR count). The van der Waals surface area contributed by atoms with E-state index in [-0.39, 0.29) is 5.56 Å². The minimum Gasteiger partial charge on any atom is -0.205 e. The van der Waals surface area contributed by atoms with Crippen LogP contribution >= 0.6 is 11.8 Å². The monoisotopic (exact) mass is 250 g/mol. The van der Waals surface area contributed by atoms with Crippen molar-refractivity contribution in [1.29, 1.82) is 0 Å². The molecule has 0 unspecified atom stereocenters. The average molecular weight is 250 g/mol. The number of hydrogen-bond donors (Lipinski definition) is 0. The molecule has 88 valence electrons. The molecule has 2 aromatic carbocycles. The summed E-state index contributed by atoms with van der Waals surface area (Å²) in [6.45, 7) is 0. The van der Waals surface area contributed by atoms with E-state index in [1.807, 2.05) is 30.3 Å². The van der Waals surface area contributed by atoms with E-state index in [2.05, 4.69) is 0 Å². The molecule has 0 spiro atoms. The van der Waals surface area contributed by atoms with E-state index in [0.29, 0.717) is 10.6 Å². The highest BCUT2D eigenvalue weighted by Gasteiger charge is 2.12. The predicted molar refractivity (Wildman–Crippen MR) is 67.4 cm³/mol. The Kier molecular flexibility index (Phi) is 4.15. The molecule has 0 fully saturated rings. The Bertz CT molecular complexity index is 469. The summed E-state index contributed by atoms with van der Waals surface area (Å²) in [5.74, 6) is 0.713. The van der Waals surface area contributed by atoms with Crippen LogP contribution in [0.5, 0.6) is 0 Å². The second-order valence-corrected chi connectivity index (χ2v) is 4.63. The van der Waals surface area contributed by atoms with Gasteiger partial charge in [-0.05, 0) is 11.6 Å². The Labute approximate surface area is 104 Å². The summed E-state index contributed by atoms with van der Waals surface area (Å²) >= 11 is 1.45. The van der Waals surface area contributed by atoms with Crippen molar-refractivity contribution in [2.24, 2.45) is 0 Å². The topological polar surface area (TPSA) is 0 Å². The SMILES string of the molecule is FC(F)c1ccccc1SCc1ccccc1. The van der Waals surface area contributed by atoms with Crippen LogP contribution in [-0.2, 0) is 5.75 Å². The van der Waals surface area contributed by atoms with Crippen LogP contribution < -0.4 is 0 Å². The number of benzene rings is 2. The molecule has 0 aliphatic carbocycles. The van der Waals surface area contributed by atoms with Crippen molar-refractivity contribution in [3.8, 4) is 0 Å². The van der Waals surface area contributed by atoms with Gasteiger partial charge in [-0.25, -0.2) is 8.78 Å². The first-order valence-corrected chi connectivity index (χ1v) is 6.30. The molecule has 17 heavy (non-hydrogen) atoms. The molecule has 0 atom stereocenters. The number of alkyl halides is 2. The minimum atomic E-state index is -2.41. The van der Waals surface area contributed by atoms with E-state index in [9.17, 15) is 8.78 Å². The lowest BCUT2D eigenvalue weighted by molar-refractivity contribution is 0.148. The molecule has 0 saturated heterocycles. The van der Waals surface area contributed by atoms with Crippen molar-refractivity contribution < 1.29 is 8.78 Å². The first-order valence-electron chi connectivity index (χ1n) is 5.31. The highest BCUT2D eigenvalue weighted by atomic mass is 32.2. The average Bonchev–Trinajstić information content (AvgIpc) is 2.38. The molecule has 0 N–H and O–H groups in total. The Hall–Kier alpha value is -1.35. The van der Waals surface area contributed by atoms with Crippen molar-refractivity contribution in [3.63, 3.8) is 0 Å². The van der Waals surface area contributed by atoms with Gasteiger partial charge in [0.05, 0.1) is 0 Å². The first kappa shape index (κ1) is 12.1. The Morgan fingerprint density at radius 1 is 0.882 bits per heavy atom. The number of rotatable bonds is 4. The standard InChI is InChI=1S/C14H12F2S/c15-14(16)12-8-4-5-9-13(12)17-10-11-6-2-1-3-7-11/h1-9,14H,10H2. The van der Waals surface area contributed by atoms with Gasteiger partial charge < -0.3 is 0 Å². The van der Waals surface area contributed by atoms with Crippen LogP contribution in [-0.4, -0.2) is 0 Å². The van der Waals surface area contributed by atoms with Gasteiger partial charge >= 0.3 is 0 Å². The predicted octanol–water partition coefficient (Wildman–Crippen LogP) is 4.92. The zero-order valence-electron chi connectivity index (χ0n) is 9.14. The largest absolute Gasteiger partial charge is 0.264 e. The quantitative estimate of drug-likeness (QED) is 0.694. The third-order valence-electron chi connectivity index (χ3n) is 2.39. The summed E-state index contributed by atoms with van der Waals surface area (Å²) < 4.78 is 25.5. The van der Waals surface area contributed by atoms with E-state index in [1.54, 1.807) is 18.2 Å². The fourth-order valence-corrected chi connectivity index (χ4v) is 2.54. The molecule has 0 amide bonds. The molecule has 0 radical (unpaired) electrons. The molecule has 0 aromatic heterocycles. The summed E-state index contributed by atoms with van der Waals surface area (Å²) in [5, 5.41) is 0. The van der Waals surface area contributed by atoms with Crippen molar-refractivity contribution in [1.82, 2.24) is 0 Å². The van der Waals surface area contributed by atoms with Crippen LogP contribution in [0.2, 0.25) is 0 Å². The van der Waals surface area contributed by atoms with Gasteiger partial charge in [0.1, 0.15) is 0 Å². The summed E-state index contributed by atoms with van der Waals surface area (Å²) in [5.41, 5.74) is 1.26. The first-order chi connectivity index (χ1) is 8.27. The fraction of sp³-hybridized carbons (Fsp3) is 0.143. The molecule has 0 heterocycles. The maximum absolute atomic E-state index is 12.7. The molecule has 0 saturated carbocycles. The Morgan fingerprint density at radius 2 is 1.53 bits per heavy atom. The van der Waals surface area contributed by atoms with Crippen LogP contribution in [0.15, 0.2) is 59.5 Å². The van der Waals surface area contributed by atoms with Gasteiger partial charge in [0, 0.05) is 16.2 Å². The van der Waals surface area contributed by atoms with Gasteiger partial charge in [-0.3, -0.25) is 0 Å². The van der Waals surface area contributed by atoms with Gasteiger partial charge in [-0.2, -0.15) is 0 Å². The zero-order valence-corrected chi connectivity index (χ0v) is 9.96. The van der Waals surface area contributed by atoms with Crippen molar-refractivity contribution in [2.45, 2.75) is 17.1 Å². The second kappa shape index (κ2) is 5.82. The molecule has 3 heteroatoms. The highest BCUT2D eigenvalue weighted by Crippen LogP contribution is 2.32. The summed E-state index contributed by atoms with van der Waals surface area (Å²) in [6, 6.07) is 16.5. The molecule has 0 aliphatic heterocycles. The van der Waals surface area contributed by atoms with Crippen LogP contribution in [0.25, 0.3) is 0 Å². The number of halogens is 2. The third-order valence-corrected chi connectivity index (χ3v) is 3.55. The van der Waals surface area contributed by atoms with Crippen molar-refractivity contribution in [2.75, 3.05) is 0 Å². The zero-order chi connectivity index (χ0) is 12.1. The molecular formula is C14H12F2S. The lowest BCUT2D eigenvalue weighted by Gasteiger charge is -2.07. The normalized spacial score (nSPS) is 10.8. The van der Waals surface area contributed by atoms with Crippen LogP contribution in [0.4, 0.5) is 8.78 Å². The minimum absolute atomic E-state index is 0.119. The van der Waals surface area contributed by atoms with Crippen LogP contribution in [0, 0.1) is 0 Å². The van der Waals surface area contributed by atoms with E-state index >= 15 is 0 Å². The van der Waals surface area contributed by atoms with Gasteiger partial charge in [0.25, 0.3) is 6.43 Å². The Morgan fingerprint density at radius 3 is 2.24 bits per heavy atom. The van der Waals surface area contributed by atoms with E-state index < -0.39 is 6.43 Å². The summed E-state index contributed by atoms with van der Waals surface area (Å²) in [4.78, 5) is 0.659. The van der Waals surface area contributed by atoms with Crippen LogP contribution in [0.1, 0.15) is 17.6 Å². The fourth-order valence-electron chi connectivity index (χ4n) is 1.53. The molecule has 0 aliphatic rings. The summed E-state index contributed by atoms with van der Waals surface area (Å²) in [6.07, 6.45) is -2.41. The Balaban J connectivity index is 2.09. The van der Waals surface area contributed by atoms with E-state index in [0.717, 1.165) is 5.56 Å². The maximum atomic E-state index is 12.7. The van der Waals surface area contributed by atoms with Gasteiger partial charge in [0.15, 0.2) is 0 Å². The molecular weight excluding hydrogens is 238 g/mol. The van der Waals surface area contributed by atoms with Crippen LogP contribution in [0.3, 0.4) is 0 Å². The smallest absolute Gasteiger partial charge is 0.205 e. The van der Waals surface area contributed by atoms with Gasteiger partial charge in [-0.1, -0.05) is 48.5 Å². The van der Waals surface area contributed by atoms with Crippen molar-refractivity contribution in [3.05, 3.63) is 65.7 Å². The maximum Gasteiger partial charge on any atom is 0.264 e. The number of thioether (sulfide) groups is 1. The van der Waals surface area contributed by atoms with E-state index in [1.165, 1.54) is 17.8 Å². The lowest BCUT2D eigenvalue weighted by Crippen LogP contribution is -1.88. The van der Waals surface area contributed by atoms with Gasteiger partial charge in [-0.15, -0.1) is 11.8 Å². The molecule has 0 nitrogen and oxygen atoms in total. The summed E-state index contributed by atoms with van der Waals surface area (Å²) in [7, 11) is 0. The molecule has 2 aromatic rings. The van der Waals surface area contributed by atoms with Crippen molar-refractivity contribution >= 4 is 11.8 Å². The lowest BCUT2D eigenvalue weighted by atomic mass is 10.2. The van der Waals surface area contributed by atoms with E-state index in [4.69, 9.17) is 0 Å². The third kappa shape index (κ3) is 3.30. The van der Waals surface area contributed by atoms with Gasteiger partial charge in [0.2, 0.25) is 0 Å². The highest BCUT2D eigenvalue weighted by molar-refractivity contribution is 7.98. The second-order valence-electron chi connectivity index (χ2n) is 3.61. The number of hydrogen-bond acceptors (Lipinski definition) is 1.